The van der Waals surface area contributed by atoms with E-state index in [1.807, 2.05) is 43.4 Å². The summed E-state index contributed by atoms with van der Waals surface area (Å²) < 4.78 is 17.8. The van der Waals surface area contributed by atoms with Gasteiger partial charge in [0.25, 0.3) is 0 Å². The standard InChI is InChI=1S/C35H41FN6O2/c1-23-5-6-28(17-38-23)39-12-3-4-29(21-39)41(18-25-9-11-37-24(2)14-25)19-26-20-42(27-7-8-27)33-16-34(40-13-10-30(43)22-40)32(36)15-31(33)35(26)44/h5-6,9,11,14-17,20,27,29-30,43H,3-4,7-8,10,12-13,18-19,21-22H2,1-2H3/t29-,30?/m0/s1. The van der Waals surface area contributed by atoms with Crippen LogP contribution < -0.4 is 15.2 Å². The number of anilines is 2. The molecule has 0 spiro atoms. The minimum Gasteiger partial charge on any atom is -0.391 e. The molecule has 7 rings (SSSR count). The fraction of sp³-hybridized carbons (Fsp3) is 0.457. The summed E-state index contributed by atoms with van der Waals surface area (Å²) in [6, 6.07) is 12.2. The molecule has 4 aromatic rings. The van der Waals surface area contributed by atoms with Crippen LogP contribution in [0.15, 0.2) is 59.8 Å². The van der Waals surface area contributed by atoms with Crippen molar-refractivity contribution in [1.82, 2.24) is 19.4 Å². The average molecular weight is 597 g/mol. The van der Waals surface area contributed by atoms with Crippen molar-refractivity contribution >= 4 is 22.3 Å². The third-order valence-corrected chi connectivity index (χ3v) is 9.51. The highest BCUT2D eigenvalue weighted by atomic mass is 19.1. The van der Waals surface area contributed by atoms with E-state index in [4.69, 9.17) is 0 Å². The number of rotatable bonds is 8. The summed E-state index contributed by atoms with van der Waals surface area (Å²) in [6.45, 7) is 8.02. The zero-order chi connectivity index (χ0) is 30.4. The van der Waals surface area contributed by atoms with Gasteiger partial charge in [0.2, 0.25) is 0 Å². The smallest absolute Gasteiger partial charge is 0.193 e. The second-order valence-electron chi connectivity index (χ2n) is 12.9. The Hall–Kier alpha value is -3.82. The van der Waals surface area contributed by atoms with Crippen LogP contribution >= 0.6 is 0 Å². The predicted octanol–water partition coefficient (Wildman–Crippen LogP) is 5.12. The molecule has 0 bridgehead atoms. The van der Waals surface area contributed by atoms with Crippen LogP contribution in [0.5, 0.6) is 0 Å². The summed E-state index contributed by atoms with van der Waals surface area (Å²) >= 11 is 0. The summed E-state index contributed by atoms with van der Waals surface area (Å²) in [5.74, 6) is -0.401. The summed E-state index contributed by atoms with van der Waals surface area (Å²) in [4.78, 5) is 29.8. The fourth-order valence-corrected chi connectivity index (χ4v) is 6.99. The van der Waals surface area contributed by atoms with Crippen molar-refractivity contribution in [3.05, 3.63) is 93.5 Å². The van der Waals surface area contributed by atoms with E-state index < -0.39 is 11.9 Å². The lowest BCUT2D eigenvalue weighted by molar-refractivity contribution is 0.158. The van der Waals surface area contributed by atoms with Crippen LogP contribution in [-0.2, 0) is 13.1 Å². The maximum absolute atomic E-state index is 15.6. The topological polar surface area (TPSA) is 77.7 Å². The highest BCUT2D eigenvalue weighted by Gasteiger charge is 2.31. The number of β-amino-alcohol motifs (C(OH)–C–C–N with tert-alkyl or cyclic N) is 1. The van der Waals surface area contributed by atoms with Crippen LogP contribution in [0.3, 0.4) is 0 Å². The maximum atomic E-state index is 15.6. The van der Waals surface area contributed by atoms with Gasteiger partial charge in [0.05, 0.1) is 29.2 Å². The minimum absolute atomic E-state index is 0.102. The molecule has 3 aromatic heterocycles. The first-order valence-electron chi connectivity index (χ1n) is 16.0. The normalized spacial score (nSPS) is 20.7. The highest BCUT2D eigenvalue weighted by molar-refractivity contribution is 5.84. The largest absolute Gasteiger partial charge is 0.391 e. The van der Waals surface area contributed by atoms with E-state index in [0.717, 1.165) is 61.4 Å². The number of benzene rings is 1. The number of aliphatic hydroxyl groups is 1. The number of aliphatic hydroxyl groups excluding tert-OH is 1. The number of piperidine rings is 1. The molecular weight excluding hydrogens is 555 g/mol. The number of aromatic nitrogens is 3. The van der Waals surface area contributed by atoms with Crippen molar-refractivity contribution in [1.29, 1.82) is 0 Å². The van der Waals surface area contributed by atoms with Gasteiger partial charge < -0.3 is 19.5 Å². The van der Waals surface area contributed by atoms with Crippen molar-refractivity contribution in [3.63, 3.8) is 0 Å². The molecule has 3 fully saturated rings. The molecular formula is C35H41FN6O2. The van der Waals surface area contributed by atoms with Gasteiger partial charge in [-0.2, -0.15) is 0 Å². The summed E-state index contributed by atoms with van der Waals surface area (Å²) in [7, 11) is 0. The molecule has 230 valence electrons. The SMILES string of the molecule is Cc1ccc(N2CCC[C@H](N(Cc3ccnc(C)c3)Cc3cn(C4CC4)c4cc(N5CCC(O)C5)c(F)cc4c3=O)C2)cn1. The van der Waals surface area contributed by atoms with E-state index in [1.54, 1.807) is 0 Å². The van der Waals surface area contributed by atoms with Gasteiger partial charge in [-0.25, -0.2) is 4.39 Å². The van der Waals surface area contributed by atoms with E-state index in [0.29, 0.717) is 55.3 Å². The van der Waals surface area contributed by atoms with E-state index in [-0.39, 0.29) is 11.5 Å². The number of hydrogen-bond acceptors (Lipinski definition) is 7. The molecule has 44 heavy (non-hydrogen) atoms. The molecule has 1 N–H and O–H groups in total. The molecule has 1 aliphatic carbocycles. The Labute approximate surface area is 257 Å². The number of aryl methyl sites for hydroxylation is 2. The van der Waals surface area contributed by atoms with E-state index in [1.165, 1.54) is 11.6 Å². The number of hydrogen-bond donors (Lipinski definition) is 1. The molecule has 1 unspecified atom stereocenters. The number of pyridine rings is 3. The zero-order valence-electron chi connectivity index (χ0n) is 25.6. The Bertz CT molecular complexity index is 1720. The first-order valence-corrected chi connectivity index (χ1v) is 16.0. The third-order valence-electron chi connectivity index (χ3n) is 9.51. The van der Waals surface area contributed by atoms with Crippen LogP contribution in [0.4, 0.5) is 15.8 Å². The third kappa shape index (κ3) is 5.95. The summed E-state index contributed by atoms with van der Waals surface area (Å²) in [5, 5.41) is 10.5. The lowest BCUT2D eigenvalue weighted by atomic mass is 10.0. The van der Waals surface area contributed by atoms with Crippen molar-refractivity contribution in [2.24, 2.45) is 0 Å². The number of nitrogens with zero attached hydrogens (tertiary/aromatic N) is 6. The molecule has 2 aliphatic heterocycles. The second-order valence-corrected chi connectivity index (χ2v) is 12.9. The van der Waals surface area contributed by atoms with Gasteiger partial charge >= 0.3 is 0 Å². The van der Waals surface area contributed by atoms with Crippen molar-refractivity contribution in [2.45, 2.75) is 77.2 Å². The monoisotopic (exact) mass is 596 g/mol. The summed E-state index contributed by atoms with van der Waals surface area (Å²) in [5.41, 5.74) is 6.11. The molecule has 1 saturated carbocycles. The molecule has 2 atom stereocenters. The highest BCUT2D eigenvalue weighted by Crippen LogP contribution is 2.39. The average Bonchev–Trinajstić information content (AvgIpc) is 3.78. The van der Waals surface area contributed by atoms with E-state index >= 15 is 4.39 Å². The van der Waals surface area contributed by atoms with Crippen LogP contribution in [0.1, 0.15) is 60.7 Å². The lowest BCUT2D eigenvalue weighted by Crippen LogP contribution is -2.48. The number of halogens is 1. The zero-order valence-corrected chi connectivity index (χ0v) is 25.6. The Morgan fingerprint density at radius 1 is 0.955 bits per heavy atom. The van der Waals surface area contributed by atoms with E-state index in [9.17, 15) is 9.90 Å². The molecule has 2 saturated heterocycles. The van der Waals surface area contributed by atoms with Crippen molar-refractivity contribution in [3.8, 4) is 0 Å². The second kappa shape index (κ2) is 11.9. The molecule has 9 heteroatoms. The van der Waals surface area contributed by atoms with Crippen LogP contribution in [0.25, 0.3) is 10.9 Å². The van der Waals surface area contributed by atoms with Gasteiger partial charge in [0.1, 0.15) is 5.82 Å². The Kier molecular flexibility index (Phi) is 7.84. The van der Waals surface area contributed by atoms with Crippen LogP contribution in [-0.4, -0.2) is 62.9 Å². The van der Waals surface area contributed by atoms with Crippen molar-refractivity contribution in [2.75, 3.05) is 36.0 Å². The molecule has 3 aliphatic rings. The Morgan fingerprint density at radius 2 is 1.82 bits per heavy atom. The first kappa shape index (κ1) is 28.9. The van der Waals surface area contributed by atoms with Gasteiger partial charge in [-0.15, -0.1) is 0 Å². The molecule has 0 amide bonds. The quantitative estimate of drug-likeness (QED) is 0.302. The van der Waals surface area contributed by atoms with Gasteiger partial charge in [-0.3, -0.25) is 19.7 Å². The predicted molar refractivity (Wildman–Crippen MR) is 172 cm³/mol. The van der Waals surface area contributed by atoms with Gasteiger partial charge in [-0.05, 0) is 87.9 Å². The molecule has 5 heterocycles. The maximum Gasteiger partial charge on any atom is 0.193 e. The minimum atomic E-state index is -0.453. The Morgan fingerprint density at radius 3 is 2.55 bits per heavy atom. The first-order chi connectivity index (χ1) is 21.3. The van der Waals surface area contributed by atoms with Crippen LogP contribution in [0.2, 0.25) is 0 Å². The Balaban J connectivity index is 1.25. The van der Waals surface area contributed by atoms with E-state index in [2.05, 4.69) is 48.6 Å². The summed E-state index contributed by atoms with van der Waals surface area (Å²) in [6.07, 6.45) is 10.2. The molecule has 1 aromatic carbocycles. The number of fused-ring (bicyclic) bond motifs is 1. The van der Waals surface area contributed by atoms with Crippen molar-refractivity contribution < 1.29 is 9.50 Å². The molecule has 8 nitrogen and oxygen atoms in total. The van der Waals surface area contributed by atoms with Gasteiger partial charge in [0, 0.05) is 86.1 Å². The van der Waals surface area contributed by atoms with Gasteiger partial charge in [0.15, 0.2) is 5.43 Å². The van der Waals surface area contributed by atoms with Gasteiger partial charge in [-0.1, -0.05) is 0 Å². The lowest BCUT2D eigenvalue weighted by Gasteiger charge is -2.40. The fourth-order valence-electron chi connectivity index (χ4n) is 6.99. The molecule has 0 radical (unpaired) electrons. The van der Waals surface area contributed by atoms with Crippen LogP contribution in [0, 0.1) is 19.7 Å².